The Hall–Kier alpha value is -2.04. The zero-order valence-electron chi connectivity index (χ0n) is 11.0. The van der Waals surface area contributed by atoms with E-state index in [0.717, 1.165) is 12.1 Å². The zero-order chi connectivity index (χ0) is 13.9. The first-order valence-electron chi connectivity index (χ1n) is 6.36. The number of amidine groups is 1. The smallest absolute Gasteiger partial charge is 0.224 e. The minimum atomic E-state index is 0.0321. The summed E-state index contributed by atoms with van der Waals surface area (Å²) < 4.78 is 0. The van der Waals surface area contributed by atoms with Gasteiger partial charge >= 0.3 is 0 Å². The monoisotopic (exact) mass is 261 g/mol. The second-order valence-electron chi connectivity index (χ2n) is 5.45. The number of carbonyl (C=O) groups excluding carboxylic acids is 1. The van der Waals surface area contributed by atoms with E-state index in [4.69, 9.17) is 10.9 Å². The van der Waals surface area contributed by atoms with E-state index in [1.54, 1.807) is 12.1 Å². The SMILES string of the molecule is CC1(CNC(=O)Cc2ccc(/C(N)=N/O)cc2)CC1. The molecule has 0 spiro atoms. The summed E-state index contributed by atoms with van der Waals surface area (Å²) >= 11 is 0. The van der Waals surface area contributed by atoms with Gasteiger partial charge in [-0.15, -0.1) is 0 Å². The van der Waals surface area contributed by atoms with Gasteiger partial charge in [-0.05, 0) is 23.8 Å². The van der Waals surface area contributed by atoms with Crippen LogP contribution >= 0.6 is 0 Å². The van der Waals surface area contributed by atoms with Crippen LogP contribution in [-0.4, -0.2) is 23.5 Å². The number of hydrogen-bond donors (Lipinski definition) is 3. The Morgan fingerprint density at radius 2 is 2.05 bits per heavy atom. The highest BCUT2D eigenvalue weighted by Crippen LogP contribution is 2.43. The van der Waals surface area contributed by atoms with E-state index >= 15 is 0 Å². The van der Waals surface area contributed by atoms with E-state index in [9.17, 15) is 4.79 Å². The van der Waals surface area contributed by atoms with Crippen LogP contribution in [0.25, 0.3) is 0 Å². The lowest BCUT2D eigenvalue weighted by Gasteiger charge is -2.10. The first-order valence-corrected chi connectivity index (χ1v) is 6.36. The van der Waals surface area contributed by atoms with Crippen molar-refractivity contribution >= 4 is 11.7 Å². The molecule has 1 aliphatic rings. The summed E-state index contributed by atoms with van der Waals surface area (Å²) in [6, 6.07) is 7.09. The van der Waals surface area contributed by atoms with Crippen LogP contribution in [-0.2, 0) is 11.2 Å². The molecule has 0 bridgehead atoms. The molecule has 0 aromatic heterocycles. The average molecular weight is 261 g/mol. The molecule has 2 rings (SSSR count). The molecular formula is C14H19N3O2. The van der Waals surface area contributed by atoms with Crippen molar-refractivity contribution in [3.63, 3.8) is 0 Å². The second kappa shape index (κ2) is 5.30. The number of benzene rings is 1. The molecule has 0 unspecified atom stereocenters. The maximum Gasteiger partial charge on any atom is 0.224 e. The molecule has 1 fully saturated rings. The van der Waals surface area contributed by atoms with Crippen molar-refractivity contribution < 1.29 is 10.0 Å². The number of carbonyl (C=O) groups is 1. The summed E-state index contributed by atoms with van der Waals surface area (Å²) in [7, 11) is 0. The highest BCUT2D eigenvalue weighted by molar-refractivity contribution is 5.97. The average Bonchev–Trinajstić information content (AvgIpc) is 3.15. The second-order valence-corrected chi connectivity index (χ2v) is 5.45. The fraction of sp³-hybridized carbons (Fsp3) is 0.429. The standard InChI is InChI=1S/C14H19N3O2/c1-14(6-7-14)9-16-12(18)8-10-2-4-11(5-3-10)13(15)17-19/h2-5,19H,6-9H2,1H3,(H2,15,17)(H,16,18). The van der Waals surface area contributed by atoms with Gasteiger partial charge in [0.25, 0.3) is 0 Å². The fourth-order valence-electron chi connectivity index (χ4n) is 1.80. The van der Waals surface area contributed by atoms with Gasteiger partial charge in [0.15, 0.2) is 5.84 Å². The van der Waals surface area contributed by atoms with Crippen LogP contribution in [0.4, 0.5) is 0 Å². The van der Waals surface area contributed by atoms with Gasteiger partial charge in [0.1, 0.15) is 0 Å². The van der Waals surface area contributed by atoms with Crippen molar-refractivity contribution in [2.75, 3.05) is 6.54 Å². The van der Waals surface area contributed by atoms with Crippen molar-refractivity contribution in [1.29, 1.82) is 0 Å². The quantitative estimate of drug-likeness (QED) is 0.322. The number of nitrogens with one attached hydrogen (secondary N) is 1. The van der Waals surface area contributed by atoms with Gasteiger partial charge in [0.05, 0.1) is 6.42 Å². The molecule has 0 heterocycles. The highest BCUT2D eigenvalue weighted by Gasteiger charge is 2.37. The van der Waals surface area contributed by atoms with Crippen LogP contribution in [0.15, 0.2) is 29.4 Å². The zero-order valence-corrected chi connectivity index (χ0v) is 11.0. The molecule has 0 atom stereocenters. The topological polar surface area (TPSA) is 87.7 Å². The molecular weight excluding hydrogens is 242 g/mol. The number of nitrogens with zero attached hydrogens (tertiary/aromatic N) is 1. The van der Waals surface area contributed by atoms with E-state index in [0.29, 0.717) is 17.4 Å². The molecule has 1 aromatic carbocycles. The van der Waals surface area contributed by atoms with Gasteiger partial charge in [0, 0.05) is 12.1 Å². The third-order valence-electron chi connectivity index (χ3n) is 3.54. The van der Waals surface area contributed by atoms with Crippen LogP contribution in [0.5, 0.6) is 0 Å². The number of hydrogen-bond acceptors (Lipinski definition) is 3. The maximum atomic E-state index is 11.8. The molecule has 5 nitrogen and oxygen atoms in total. The summed E-state index contributed by atoms with van der Waals surface area (Å²) in [5.74, 6) is 0.0994. The lowest BCUT2D eigenvalue weighted by molar-refractivity contribution is -0.120. The fourth-order valence-corrected chi connectivity index (χ4v) is 1.80. The third kappa shape index (κ3) is 3.71. The van der Waals surface area contributed by atoms with E-state index in [2.05, 4.69) is 17.4 Å². The lowest BCUT2D eigenvalue weighted by Crippen LogP contribution is -2.30. The molecule has 5 heteroatoms. The van der Waals surface area contributed by atoms with Crippen molar-refractivity contribution in [1.82, 2.24) is 5.32 Å². The summed E-state index contributed by atoms with van der Waals surface area (Å²) in [4.78, 5) is 11.8. The Balaban J connectivity index is 1.86. The molecule has 1 amide bonds. The lowest BCUT2D eigenvalue weighted by atomic mass is 10.1. The van der Waals surface area contributed by atoms with Crippen molar-refractivity contribution in [3.05, 3.63) is 35.4 Å². The number of nitrogens with two attached hydrogens (primary N) is 1. The van der Waals surface area contributed by atoms with Crippen LogP contribution in [0, 0.1) is 5.41 Å². The maximum absolute atomic E-state index is 11.8. The number of oxime groups is 1. The molecule has 0 saturated heterocycles. The normalized spacial score (nSPS) is 17.0. The molecule has 0 radical (unpaired) electrons. The first kappa shape index (κ1) is 13.4. The predicted molar refractivity (Wildman–Crippen MR) is 73.0 cm³/mol. The molecule has 19 heavy (non-hydrogen) atoms. The van der Waals surface area contributed by atoms with E-state index in [-0.39, 0.29) is 11.7 Å². The van der Waals surface area contributed by atoms with Crippen LogP contribution < -0.4 is 11.1 Å². The van der Waals surface area contributed by atoms with Gasteiger partial charge in [-0.25, -0.2) is 0 Å². The van der Waals surface area contributed by atoms with Crippen LogP contribution in [0.2, 0.25) is 0 Å². The van der Waals surface area contributed by atoms with Gasteiger partial charge in [0.2, 0.25) is 5.91 Å². The van der Waals surface area contributed by atoms with Crippen molar-refractivity contribution in [2.45, 2.75) is 26.2 Å². The minimum Gasteiger partial charge on any atom is -0.409 e. The summed E-state index contributed by atoms with van der Waals surface area (Å²) in [5, 5.41) is 14.4. The Kier molecular flexibility index (Phi) is 3.74. The molecule has 102 valence electrons. The molecule has 1 saturated carbocycles. The van der Waals surface area contributed by atoms with Gasteiger partial charge in [-0.3, -0.25) is 4.79 Å². The van der Waals surface area contributed by atoms with E-state index < -0.39 is 0 Å². The Morgan fingerprint density at radius 1 is 1.42 bits per heavy atom. The van der Waals surface area contributed by atoms with Crippen LogP contribution in [0.3, 0.4) is 0 Å². The molecule has 0 aliphatic heterocycles. The summed E-state index contributed by atoms with van der Waals surface area (Å²) in [6.45, 7) is 2.94. The van der Waals surface area contributed by atoms with Crippen molar-refractivity contribution in [3.8, 4) is 0 Å². The van der Waals surface area contributed by atoms with Crippen molar-refractivity contribution in [2.24, 2.45) is 16.3 Å². The predicted octanol–water partition coefficient (Wildman–Crippen LogP) is 1.24. The van der Waals surface area contributed by atoms with E-state index in [1.165, 1.54) is 12.8 Å². The summed E-state index contributed by atoms with van der Waals surface area (Å²) in [5.41, 5.74) is 7.34. The van der Waals surface area contributed by atoms with Gasteiger partial charge in [-0.1, -0.05) is 36.3 Å². The first-order chi connectivity index (χ1) is 9.02. The third-order valence-corrected chi connectivity index (χ3v) is 3.54. The Labute approximate surface area is 112 Å². The number of amides is 1. The molecule has 4 N–H and O–H groups in total. The number of rotatable bonds is 5. The largest absolute Gasteiger partial charge is 0.409 e. The Morgan fingerprint density at radius 3 is 2.58 bits per heavy atom. The van der Waals surface area contributed by atoms with Crippen LogP contribution in [0.1, 0.15) is 30.9 Å². The molecule has 1 aromatic rings. The highest BCUT2D eigenvalue weighted by atomic mass is 16.4. The minimum absolute atomic E-state index is 0.0321. The van der Waals surface area contributed by atoms with Gasteiger partial charge in [-0.2, -0.15) is 0 Å². The Bertz CT molecular complexity index is 490. The molecule has 1 aliphatic carbocycles. The van der Waals surface area contributed by atoms with Gasteiger partial charge < -0.3 is 16.3 Å². The summed E-state index contributed by atoms with van der Waals surface area (Å²) in [6.07, 6.45) is 2.75. The van der Waals surface area contributed by atoms with E-state index in [1.807, 2.05) is 12.1 Å².